The van der Waals surface area contributed by atoms with Gasteiger partial charge >= 0.3 is 18.2 Å². The lowest BCUT2D eigenvalue weighted by atomic mass is 10.00. The highest BCUT2D eigenvalue weighted by atomic mass is 32.2. The van der Waals surface area contributed by atoms with Gasteiger partial charge in [-0.25, -0.2) is 14.4 Å². The van der Waals surface area contributed by atoms with Gasteiger partial charge in [0.2, 0.25) is 11.8 Å². The molecule has 2 aromatic carbocycles. The third kappa shape index (κ3) is 8.47. The molecule has 0 bridgehead atoms. The minimum absolute atomic E-state index is 0.00903. The van der Waals surface area contributed by atoms with Gasteiger partial charge < -0.3 is 29.3 Å². The van der Waals surface area contributed by atoms with E-state index in [1.165, 1.54) is 32.5 Å². The number of carbonyl (C=O) groups excluding carboxylic acids is 6. The lowest BCUT2D eigenvalue weighted by molar-refractivity contribution is -0.153. The second-order valence-electron chi connectivity index (χ2n) is 15.1. The molecule has 0 aliphatic carbocycles. The first-order valence-corrected chi connectivity index (χ1v) is 19.5. The molecule has 296 valence electrons. The Hall–Kier alpha value is -5.57. The van der Waals surface area contributed by atoms with E-state index in [0.717, 1.165) is 11.1 Å². The number of carbonyl (C=O) groups is 6. The molecule has 3 fully saturated rings. The Morgan fingerprint density at radius 2 is 1.66 bits per heavy atom. The summed E-state index contributed by atoms with van der Waals surface area (Å²) < 4.78 is 16.9. The van der Waals surface area contributed by atoms with E-state index in [1.54, 1.807) is 45.8 Å². The maximum absolute atomic E-state index is 14.5. The van der Waals surface area contributed by atoms with Gasteiger partial charge in [-0.15, -0.1) is 11.8 Å². The monoisotopic (exact) mass is 785 g/mol. The average molecular weight is 786 g/mol. The molecule has 2 aromatic rings. The highest BCUT2D eigenvalue weighted by molar-refractivity contribution is 8.00. The standard InChI is InChI=1S/C41H47N5O9S/c1-7-20-53-40(52)45-23-29(22-30(45)35(48)43(5)6)44-19-18-27(34(44)47)21-28-24-56-37-31(42-39(51)55-41(2,3)4)36(49)46(37)32(28)38(50)54-33(25-14-10-8-11-15-25)26-16-12-9-13-17-26/h7-17,21,29-31,33,37H,1,18-20,22-24H2,2-6H3,(H,42,51)/b27-21+/t29-,30-,31+,37+/m0/s1. The Morgan fingerprint density at radius 1 is 1.02 bits per heavy atom. The SMILES string of the molecule is C=CCOC(=O)N1C[C@@H](N2CC/C(=C\C3=C(C(=O)OC(c4ccccc4)c4ccccc4)N4C(=O)[C@@H](NC(=O)OC(C)(C)C)[C@H]4SC3)C2=O)C[C@H]1C(=O)N(C)C. The zero-order valence-electron chi connectivity index (χ0n) is 32.1. The van der Waals surface area contributed by atoms with Gasteiger partial charge in [0, 0.05) is 38.5 Å². The van der Waals surface area contributed by atoms with Crippen molar-refractivity contribution in [3.8, 4) is 0 Å². The van der Waals surface area contributed by atoms with Crippen LogP contribution in [0.25, 0.3) is 0 Å². The van der Waals surface area contributed by atoms with Crippen LogP contribution in [0.2, 0.25) is 0 Å². The topological polar surface area (TPSA) is 155 Å². The summed E-state index contributed by atoms with van der Waals surface area (Å²) in [4.78, 5) is 86.9. The van der Waals surface area contributed by atoms with Gasteiger partial charge in [0.1, 0.15) is 35.4 Å². The highest BCUT2D eigenvalue weighted by Crippen LogP contribution is 2.43. The lowest BCUT2D eigenvalue weighted by Crippen LogP contribution is -2.70. The smallest absolute Gasteiger partial charge is 0.410 e. The summed E-state index contributed by atoms with van der Waals surface area (Å²) in [6.07, 6.45) is 1.42. The zero-order valence-corrected chi connectivity index (χ0v) is 33.0. The van der Waals surface area contributed by atoms with Crippen molar-refractivity contribution in [3.63, 3.8) is 0 Å². The van der Waals surface area contributed by atoms with Crippen molar-refractivity contribution in [3.05, 3.63) is 107 Å². The molecule has 3 saturated heterocycles. The number of benzene rings is 2. The maximum atomic E-state index is 14.5. The molecule has 5 amide bonds. The predicted octanol–water partition coefficient (Wildman–Crippen LogP) is 4.39. The first-order chi connectivity index (χ1) is 26.7. The Bertz CT molecular complexity index is 1900. The van der Waals surface area contributed by atoms with E-state index in [4.69, 9.17) is 14.2 Å². The summed E-state index contributed by atoms with van der Waals surface area (Å²) in [6.45, 7) is 9.14. The van der Waals surface area contributed by atoms with Crippen molar-refractivity contribution in [2.45, 2.75) is 68.8 Å². The van der Waals surface area contributed by atoms with Crippen molar-refractivity contribution < 1.29 is 43.0 Å². The minimum Gasteiger partial charge on any atom is -0.448 e. The number of likely N-dealkylation sites (N-methyl/N-ethyl adjacent to an activating group) is 1. The number of esters is 1. The third-order valence-corrected chi connectivity index (χ3v) is 11.1. The second-order valence-corrected chi connectivity index (χ2v) is 16.2. The first kappa shape index (κ1) is 40.1. The summed E-state index contributed by atoms with van der Waals surface area (Å²) in [5.74, 6) is -1.63. The Labute approximate surface area is 330 Å². The summed E-state index contributed by atoms with van der Waals surface area (Å²) >= 11 is 1.34. The van der Waals surface area contributed by atoms with Gasteiger partial charge in [-0.05, 0) is 56.4 Å². The van der Waals surface area contributed by atoms with E-state index in [2.05, 4.69) is 11.9 Å². The lowest BCUT2D eigenvalue weighted by Gasteiger charge is -2.49. The number of nitrogens with zero attached hydrogens (tertiary/aromatic N) is 4. The molecule has 0 aromatic heterocycles. The fourth-order valence-corrected chi connectivity index (χ4v) is 8.54. The van der Waals surface area contributed by atoms with Gasteiger partial charge in [-0.1, -0.05) is 73.3 Å². The molecule has 15 heteroatoms. The minimum atomic E-state index is -0.948. The Balaban J connectivity index is 1.31. The molecule has 56 heavy (non-hydrogen) atoms. The van der Waals surface area contributed by atoms with Crippen molar-refractivity contribution >= 4 is 47.6 Å². The van der Waals surface area contributed by atoms with E-state index in [-0.39, 0.29) is 42.8 Å². The molecule has 0 saturated carbocycles. The fourth-order valence-electron chi connectivity index (χ4n) is 7.24. The second kappa shape index (κ2) is 16.7. The molecule has 14 nitrogen and oxygen atoms in total. The maximum Gasteiger partial charge on any atom is 0.410 e. The molecule has 4 aliphatic rings. The van der Waals surface area contributed by atoms with Crippen LogP contribution in [0.1, 0.15) is 50.8 Å². The van der Waals surface area contributed by atoms with E-state index in [0.29, 0.717) is 24.1 Å². The molecule has 0 radical (unpaired) electrons. The van der Waals surface area contributed by atoms with Crippen LogP contribution in [0.3, 0.4) is 0 Å². The molecular weight excluding hydrogens is 739 g/mol. The van der Waals surface area contributed by atoms with Crippen molar-refractivity contribution in [1.29, 1.82) is 0 Å². The number of allylic oxidation sites excluding steroid dienone is 1. The van der Waals surface area contributed by atoms with Gasteiger partial charge in [-0.2, -0.15) is 0 Å². The number of ether oxygens (including phenoxy) is 3. The van der Waals surface area contributed by atoms with Gasteiger partial charge in [0.05, 0.1) is 6.04 Å². The largest absolute Gasteiger partial charge is 0.448 e. The van der Waals surface area contributed by atoms with Gasteiger partial charge in [0.25, 0.3) is 5.91 Å². The number of fused-ring (bicyclic) bond motifs is 1. The predicted molar refractivity (Wildman–Crippen MR) is 208 cm³/mol. The van der Waals surface area contributed by atoms with Crippen LogP contribution in [0.4, 0.5) is 9.59 Å². The number of likely N-dealkylation sites (tertiary alicyclic amines) is 2. The number of β-lactam (4-membered cyclic amide) rings is 1. The highest BCUT2D eigenvalue weighted by Gasteiger charge is 2.55. The summed E-state index contributed by atoms with van der Waals surface area (Å²) in [6, 6.07) is 16.3. The summed E-state index contributed by atoms with van der Waals surface area (Å²) in [5.41, 5.74) is 1.48. The van der Waals surface area contributed by atoms with E-state index >= 15 is 0 Å². The number of thioether (sulfide) groups is 1. The van der Waals surface area contributed by atoms with Gasteiger partial charge in [-0.3, -0.25) is 24.2 Å². The van der Waals surface area contributed by atoms with Gasteiger partial charge in [0.15, 0.2) is 6.10 Å². The van der Waals surface area contributed by atoms with Crippen LogP contribution in [-0.2, 0) is 33.4 Å². The molecule has 0 spiro atoms. The molecule has 4 atom stereocenters. The van der Waals surface area contributed by atoms with Crippen molar-refractivity contribution in [1.82, 2.24) is 24.9 Å². The summed E-state index contributed by atoms with van der Waals surface area (Å²) in [7, 11) is 3.21. The number of alkyl carbamates (subject to hydrolysis) is 1. The third-order valence-electron chi connectivity index (χ3n) is 9.80. The quantitative estimate of drug-likeness (QED) is 0.121. The fraction of sp³-hybridized carbons (Fsp3) is 0.415. The molecule has 6 rings (SSSR count). The van der Waals surface area contributed by atoms with Crippen LogP contribution in [-0.4, -0.2) is 124 Å². The van der Waals surface area contributed by atoms with E-state index in [1.807, 2.05) is 60.7 Å². The van der Waals surface area contributed by atoms with Crippen LogP contribution in [0, 0.1) is 0 Å². The Kier molecular flexibility index (Phi) is 11.9. The Morgan fingerprint density at radius 3 is 2.25 bits per heavy atom. The normalized spacial score (nSPS) is 22.8. The number of hydrogen-bond donors (Lipinski definition) is 1. The van der Waals surface area contributed by atoms with Crippen LogP contribution in [0.5, 0.6) is 0 Å². The van der Waals surface area contributed by atoms with Crippen LogP contribution in [0.15, 0.2) is 96.2 Å². The van der Waals surface area contributed by atoms with Crippen molar-refractivity contribution in [2.75, 3.05) is 39.5 Å². The van der Waals surface area contributed by atoms with Crippen LogP contribution < -0.4 is 5.32 Å². The number of nitrogens with one attached hydrogen (secondary N) is 1. The molecular formula is C41H47N5O9S. The van der Waals surface area contributed by atoms with E-state index in [9.17, 15) is 28.8 Å². The number of hydrogen-bond acceptors (Lipinski definition) is 10. The molecule has 4 aliphatic heterocycles. The average Bonchev–Trinajstić information content (AvgIpc) is 3.77. The first-order valence-electron chi connectivity index (χ1n) is 18.4. The summed E-state index contributed by atoms with van der Waals surface area (Å²) in [5, 5.41) is 2.03. The van der Waals surface area contributed by atoms with Crippen LogP contribution >= 0.6 is 11.8 Å². The molecule has 0 unspecified atom stereocenters. The zero-order chi connectivity index (χ0) is 40.3. The molecule has 4 heterocycles. The molecule has 1 N–H and O–H groups in total. The number of amides is 5. The van der Waals surface area contributed by atoms with E-state index < -0.39 is 59.3 Å². The number of rotatable bonds is 10. The van der Waals surface area contributed by atoms with Crippen molar-refractivity contribution in [2.24, 2.45) is 0 Å².